The predicted molar refractivity (Wildman–Crippen MR) is 111 cm³/mol. The summed E-state index contributed by atoms with van der Waals surface area (Å²) in [6, 6.07) is 16.2. The van der Waals surface area contributed by atoms with E-state index in [0.717, 1.165) is 74.0 Å². The fourth-order valence-electron chi connectivity index (χ4n) is 5.73. The van der Waals surface area contributed by atoms with Gasteiger partial charge in [-0.05, 0) is 37.8 Å². The molecule has 0 heterocycles. The van der Waals surface area contributed by atoms with Crippen LogP contribution in [0.15, 0.2) is 48.5 Å². The second kappa shape index (κ2) is 7.62. The van der Waals surface area contributed by atoms with Crippen LogP contribution in [0.5, 0.6) is 11.5 Å². The normalized spacial score (nSPS) is 20.1. The SMILES string of the molecule is COc1ccccc1C1(C(=O)C2(c3ccccc3OC)CCCC2)CCCC1. The Morgan fingerprint density at radius 2 is 1.04 bits per heavy atom. The zero-order valence-corrected chi connectivity index (χ0v) is 17.0. The third-order valence-corrected chi connectivity index (χ3v) is 7.03. The maximum atomic E-state index is 14.5. The Balaban J connectivity index is 1.88. The lowest BCUT2D eigenvalue weighted by Gasteiger charge is -2.39. The van der Waals surface area contributed by atoms with Crippen LogP contribution in [0.4, 0.5) is 0 Å². The molecule has 0 saturated heterocycles. The topological polar surface area (TPSA) is 35.5 Å². The lowest BCUT2D eigenvalue weighted by Crippen LogP contribution is -2.47. The van der Waals surface area contributed by atoms with Gasteiger partial charge < -0.3 is 9.47 Å². The fraction of sp³-hybridized carbons (Fsp3) is 0.480. The van der Waals surface area contributed by atoms with Crippen molar-refractivity contribution < 1.29 is 14.3 Å². The largest absolute Gasteiger partial charge is 0.496 e. The van der Waals surface area contributed by atoms with Gasteiger partial charge in [0.25, 0.3) is 0 Å². The third kappa shape index (κ3) is 2.83. The first kappa shape index (κ1) is 19.0. The van der Waals surface area contributed by atoms with Crippen LogP contribution in [0.3, 0.4) is 0 Å². The molecule has 0 radical (unpaired) electrons. The summed E-state index contributed by atoms with van der Waals surface area (Å²) in [5.41, 5.74) is 1.22. The minimum Gasteiger partial charge on any atom is -0.496 e. The summed E-state index contributed by atoms with van der Waals surface area (Å²) in [6.45, 7) is 0. The van der Waals surface area contributed by atoms with Crippen LogP contribution in [0.2, 0.25) is 0 Å². The van der Waals surface area contributed by atoms with E-state index in [1.54, 1.807) is 14.2 Å². The van der Waals surface area contributed by atoms with E-state index in [-0.39, 0.29) is 0 Å². The zero-order valence-electron chi connectivity index (χ0n) is 17.0. The van der Waals surface area contributed by atoms with Crippen molar-refractivity contribution in [1.29, 1.82) is 0 Å². The maximum absolute atomic E-state index is 14.5. The summed E-state index contributed by atoms with van der Waals surface area (Å²) in [5.74, 6) is 2.06. The number of hydrogen-bond donors (Lipinski definition) is 0. The van der Waals surface area contributed by atoms with Crippen LogP contribution >= 0.6 is 0 Å². The van der Waals surface area contributed by atoms with Crippen molar-refractivity contribution in [3.63, 3.8) is 0 Å². The zero-order chi connectivity index (χ0) is 19.6. The van der Waals surface area contributed by atoms with Gasteiger partial charge in [-0.25, -0.2) is 0 Å². The number of methoxy groups -OCH3 is 2. The van der Waals surface area contributed by atoms with E-state index in [2.05, 4.69) is 12.1 Å². The molecule has 0 unspecified atom stereocenters. The van der Waals surface area contributed by atoms with Crippen LogP contribution < -0.4 is 9.47 Å². The number of carbonyl (C=O) groups excluding carboxylic acids is 1. The van der Waals surface area contributed by atoms with Gasteiger partial charge in [0.15, 0.2) is 5.78 Å². The molecule has 2 aliphatic rings. The molecule has 2 aromatic rings. The summed E-state index contributed by atoms with van der Waals surface area (Å²) >= 11 is 0. The van der Waals surface area contributed by atoms with Crippen LogP contribution in [-0.2, 0) is 15.6 Å². The van der Waals surface area contributed by atoms with Crippen molar-refractivity contribution in [3.05, 3.63) is 59.7 Å². The highest BCUT2D eigenvalue weighted by Crippen LogP contribution is 2.54. The van der Waals surface area contributed by atoms with Crippen molar-refractivity contribution in [2.24, 2.45) is 0 Å². The number of carbonyl (C=O) groups is 1. The average Bonchev–Trinajstić information content (AvgIpc) is 3.44. The predicted octanol–water partition coefficient (Wildman–Crippen LogP) is 5.60. The van der Waals surface area contributed by atoms with E-state index in [0.29, 0.717) is 5.78 Å². The molecule has 28 heavy (non-hydrogen) atoms. The van der Waals surface area contributed by atoms with Gasteiger partial charge in [-0.15, -0.1) is 0 Å². The molecule has 2 aromatic carbocycles. The molecule has 3 nitrogen and oxygen atoms in total. The number of benzene rings is 2. The molecular weight excluding hydrogens is 348 g/mol. The number of rotatable bonds is 6. The molecule has 0 amide bonds. The van der Waals surface area contributed by atoms with Crippen molar-refractivity contribution >= 4 is 5.78 Å². The highest BCUT2D eigenvalue weighted by molar-refractivity contribution is 6.00. The van der Waals surface area contributed by atoms with E-state index in [9.17, 15) is 4.79 Å². The van der Waals surface area contributed by atoms with Crippen LogP contribution in [-0.4, -0.2) is 20.0 Å². The summed E-state index contributed by atoms with van der Waals surface area (Å²) in [4.78, 5) is 14.5. The van der Waals surface area contributed by atoms with Crippen LogP contribution in [0.25, 0.3) is 0 Å². The quantitative estimate of drug-likeness (QED) is 0.657. The van der Waals surface area contributed by atoms with E-state index in [1.807, 2.05) is 36.4 Å². The smallest absolute Gasteiger partial charge is 0.154 e. The minimum absolute atomic E-state index is 0.379. The average molecular weight is 379 g/mol. The highest BCUT2D eigenvalue weighted by Gasteiger charge is 2.55. The summed E-state index contributed by atoms with van der Waals surface area (Å²) < 4.78 is 11.4. The van der Waals surface area contributed by atoms with Crippen molar-refractivity contribution in [1.82, 2.24) is 0 Å². The van der Waals surface area contributed by atoms with E-state index in [4.69, 9.17) is 9.47 Å². The minimum atomic E-state index is -0.461. The summed E-state index contributed by atoms with van der Waals surface area (Å²) in [7, 11) is 3.41. The fourth-order valence-corrected chi connectivity index (χ4v) is 5.73. The van der Waals surface area contributed by atoms with Gasteiger partial charge in [0, 0.05) is 11.1 Å². The van der Waals surface area contributed by atoms with Crippen LogP contribution in [0.1, 0.15) is 62.5 Å². The molecule has 0 atom stereocenters. The molecule has 2 saturated carbocycles. The van der Waals surface area contributed by atoms with Crippen molar-refractivity contribution in [2.75, 3.05) is 14.2 Å². The van der Waals surface area contributed by atoms with E-state index >= 15 is 0 Å². The molecule has 0 aromatic heterocycles. The monoisotopic (exact) mass is 378 g/mol. The Hall–Kier alpha value is -2.29. The molecule has 148 valence electrons. The first-order valence-corrected chi connectivity index (χ1v) is 10.5. The molecule has 3 heteroatoms. The number of hydrogen-bond acceptors (Lipinski definition) is 3. The number of Topliss-reactive ketones (excluding diaryl/α,β-unsaturated/α-hetero) is 1. The first-order valence-electron chi connectivity index (χ1n) is 10.5. The third-order valence-electron chi connectivity index (χ3n) is 7.03. The summed E-state index contributed by atoms with van der Waals surface area (Å²) in [6.07, 6.45) is 7.98. The molecular formula is C25H30O3. The van der Waals surface area contributed by atoms with Gasteiger partial charge in [0.05, 0.1) is 25.0 Å². The Labute approximate surface area is 168 Å². The Bertz CT molecular complexity index is 773. The molecule has 4 rings (SSSR count). The van der Waals surface area contributed by atoms with Gasteiger partial charge in [-0.2, -0.15) is 0 Å². The number of ether oxygens (including phenoxy) is 2. The Morgan fingerprint density at radius 3 is 1.39 bits per heavy atom. The van der Waals surface area contributed by atoms with Crippen molar-refractivity contribution in [2.45, 2.75) is 62.2 Å². The Morgan fingerprint density at radius 1 is 0.679 bits per heavy atom. The molecule has 0 aliphatic heterocycles. The lowest BCUT2D eigenvalue weighted by atomic mass is 9.62. The standard InChI is InChI=1S/C25H30O3/c1-27-21-13-5-3-11-19(21)24(15-7-8-16-24)23(26)25(17-9-10-18-25)20-12-4-6-14-22(20)28-2/h3-6,11-14H,7-10,15-18H2,1-2H3. The Kier molecular flexibility index (Phi) is 5.18. The molecule has 2 fully saturated rings. The van der Waals surface area contributed by atoms with Crippen LogP contribution in [0, 0.1) is 0 Å². The van der Waals surface area contributed by atoms with Gasteiger partial charge in [-0.3, -0.25) is 4.79 Å². The van der Waals surface area contributed by atoms with E-state index in [1.165, 1.54) is 0 Å². The van der Waals surface area contributed by atoms with Gasteiger partial charge in [0.2, 0.25) is 0 Å². The molecule has 0 bridgehead atoms. The van der Waals surface area contributed by atoms with Gasteiger partial charge in [-0.1, -0.05) is 62.1 Å². The van der Waals surface area contributed by atoms with Crippen molar-refractivity contribution in [3.8, 4) is 11.5 Å². The van der Waals surface area contributed by atoms with Gasteiger partial charge in [0.1, 0.15) is 11.5 Å². The number of para-hydroxylation sites is 2. The molecule has 0 N–H and O–H groups in total. The molecule has 0 spiro atoms. The number of ketones is 1. The van der Waals surface area contributed by atoms with Gasteiger partial charge >= 0.3 is 0 Å². The first-order chi connectivity index (χ1) is 13.7. The summed E-state index contributed by atoms with van der Waals surface area (Å²) in [5, 5.41) is 0. The second-order valence-corrected chi connectivity index (χ2v) is 8.31. The van der Waals surface area contributed by atoms with E-state index < -0.39 is 10.8 Å². The maximum Gasteiger partial charge on any atom is 0.154 e. The molecule has 2 aliphatic carbocycles. The second-order valence-electron chi connectivity index (χ2n) is 8.31. The highest BCUT2D eigenvalue weighted by atomic mass is 16.5. The lowest BCUT2D eigenvalue weighted by molar-refractivity contribution is -0.130.